The first-order chi connectivity index (χ1) is 12.6. The molecule has 0 bridgehead atoms. The van der Waals surface area contributed by atoms with Crippen LogP contribution in [0.3, 0.4) is 0 Å². The van der Waals surface area contributed by atoms with Crippen LogP contribution in [0, 0.1) is 12.8 Å². The predicted molar refractivity (Wildman–Crippen MR) is 86.7 cm³/mol. The molecule has 1 N–H and O–H groups in total. The van der Waals surface area contributed by atoms with Gasteiger partial charge >= 0.3 is 6.18 Å². The molecule has 2 aromatic rings. The van der Waals surface area contributed by atoms with Crippen molar-refractivity contribution in [2.24, 2.45) is 13.0 Å². The van der Waals surface area contributed by atoms with Crippen LogP contribution in [0.1, 0.15) is 34.7 Å². The van der Waals surface area contributed by atoms with Crippen LogP contribution in [0.15, 0.2) is 16.8 Å². The lowest BCUT2D eigenvalue weighted by Gasteiger charge is -2.31. The lowest BCUT2D eigenvalue weighted by Crippen LogP contribution is -2.41. The molecule has 0 aromatic carbocycles. The van der Waals surface area contributed by atoms with E-state index in [0.29, 0.717) is 24.4 Å². The van der Waals surface area contributed by atoms with Crippen LogP contribution in [0.4, 0.5) is 19.0 Å². The Hall–Kier alpha value is -2.85. The Morgan fingerprint density at radius 3 is 2.52 bits per heavy atom. The van der Waals surface area contributed by atoms with Crippen LogP contribution < -0.4 is 5.32 Å². The number of rotatable bonds is 3. The number of amides is 2. The van der Waals surface area contributed by atoms with E-state index in [-0.39, 0.29) is 24.9 Å². The summed E-state index contributed by atoms with van der Waals surface area (Å²) in [5.41, 5.74) is -1.68. The molecule has 0 atom stereocenters. The number of piperidine rings is 1. The van der Waals surface area contributed by atoms with E-state index in [2.05, 4.69) is 15.6 Å². The van der Waals surface area contributed by atoms with Gasteiger partial charge in [-0.1, -0.05) is 5.16 Å². The lowest BCUT2D eigenvalue weighted by molar-refractivity contribution is -0.141. The highest BCUT2D eigenvalue weighted by Gasteiger charge is 2.40. The molecule has 3 heterocycles. The fraction of sp³-hybridized carbons (Fsp3) is 0.500. The van der Waals surface area contributed by atoms with E-state index in [0.717, 1.165) is 10.9 Å². The molecule has 1 fully saturated rings. The van der Waals surface area contributed by atoms with Gasteiger partial charge in [0.15, 0.2) is 11.5 Å². The molecule has 0 saturated carbocycles. The third kappa shape index (κ3) is 4.12. The van der Waals surface area contributed by atoms with E-state index in [9.17, 15) is 22.8 Å². The Balaban J connectivity index is 1.62. The molecule has 3 rings (SSSR count). The highest BCUT2D eigenvalue weighted by molar-refractivity contribution is 5.96. The number of anilines is 1. The molecule has 1 saturated heterocycles. The van der Waals surface area contributed by atoms with Crippen molar-refractivity contribution >= 4 is 17.6 Å². The molecule has 0 unspecified atom stereocenters. The number of hydrogen-bond acceptors (Lipinski definition) is 5. The van der Waals surface area contributed by atoms with Gasteiger partial charge in [-0.05, 0) is 19.8 Å². The zero-order chi connectivity index (χ0) is 19.8. The Kier molecular flexibility index (Phi) is 4.94. The van der Waals surface area contributed by atoms with Crippen molar-refractivity contribution in [3.63, 3.8) is 0 Å². The number of nitrogens with one attached hydrogen (secondary N) is 1. The maximum absolute atomic E-state index is 13.1. The topological polar surface area (TPSA) is 93.3 Å². The number of aryl methyl sites for hydroxylation is 2. The largest absolute Gasteiger partial charge is 0.435 e. The molecular weight excluding hydrogens is 367 g/mol. The second-order valence-electron chi connectivity index (χ2n) is 6.44. The van der Waals surface area contributed by atoms with Crippen LogP contribution >= 0.6 is 0 Å². The Bertz CT molecular complexity index is 850. The Labute approximate surface area is 152 Å². The molecule has 0 radical (unpaired) electrons. The molecule has 11 heteroatoms. The summed E-state index contributed by atoms with van der Waals surface area (Å²) in [7, 11) is 1.33. The van der Waals surface area contributed by atoms with Gasteiger partial charge in [0.05, 0.1) is 5.56 Å². The van der Waals surface area contributed by atoms with E-state index in [1.54, 1.807) is 13.0 Å². The molecule has 0 aliphatic carbocycles. The summed E-state index contributed by atoms with van der Waals surface area (Å²) in [5, 5.41) is 9.67. The number of carbonyl (C=O) groups excluding carboxylic acids is 2. The van der Waals surface area contributed by atoms with Gasteiger partial charge in [0, 0.05) is 38.3 Å². The zero-order valence-corrected chi connectivity index (χ0v) is 14.7. The molecule has 1 aliphatic heterocycles. The van der Waals surface area contributed by atoms with Crippen molar-refractivity contribution in [2.75, 3.05) is 18.4 Å². The maximum atomic E-state index is 13.1. The number of likely N-dealkylation sites (tertiary alicyclic amines) is 1. The van der Waals surface area contributed by atoms with Crippen molar-refractivity contribution in [1.82, 2.24) is 19.8 Å². The molecule has 146 valence electrons. The van der Waals surface area contributed by atoms with Gasteiger partial charge in [-0.25, -0.2) is 0 Å². The number of alkyl halides is 3. The van der Waals surface area contributed by atoms with Crippen molar-refractivity contribution in [3.05, 3.63) is 29.3 Å². The number of aromatic nitrogens is 3. The summed E-state index contributed by atoms with van der Waals surface area (Å²) in [6, 6.07) is 1.58. The minimum atomic E-state index is -4.71. The monoisotopic (exact) mass is 385 g/mol. The molecular formula is C16H18F3N5O3. The highest BCUT2D eigenvalue weighted by atomic mass is 19.4. The summed E-state index contributed by atoms with van der Waals surface area (Å²) < 4.78 is 45.0. The molecule has 2 aromatic heterocycles. The van der Waals surface area contributed by atoms with Crippen molar-refractivity contribution < 1.29 is 27.3 Å². The third-order valence-corrected chi connectivity index (χ3v) is 4.36. The fourth-order valence-electron chi connectivity index (χ4n) is 3.02. The number of hydrogen-bond donors (Lipinski definition) is 1. The second-order valence-corrected chi connectivity index (χ2v) is 6.44. The molecule has 2 amide bonds. The molecule has 0 spiro atoms. The maximum Gasteiger partial charge on any atom is 0.435 e. The first-order valence-electron chi connectivity index (χ1n) is 8.29. The first-order valence-corrected chi connectivity index (χ1v) is 8.29. The fourth-order valence-corrected chi connectivity index (χ4v) is 3.02. The highest BCUT2D eigenvalue weighted by Crippen LogP contribution is 2.32. The quantitative estimate of drug-likeness (QED) is 0.875. The molecule has 8 nitrogen and oxygen atoms in total. The minimum Gasteiger partial charge on any atom is -0.360 e. The van der Waals surface area contributed by atoms with Crippen molar-refractivity contribution in [3.8, 4) is 0 Å². The molecule has 27 heavy (non-hydrogen) atoms. The van der Waals surface area contributed by atoms with Gasteiger partial charge in [-0.2, -0.15) is 18.3 Å². The zero-order valence-electron chi connectivity index (χ0n) is 14.7. The van der Waals surface area contributed by atoms with Crippen LogP contribution in [-0.4, -0.2) is 44.7 Å². The van der Waals surface area contributed by atoms with Gasteiger partial charge in [0.25, 0.3) is 5.91 Å². The van der Waals surface area contributed by atoms with Crippen molar-refractivity contribution in [1.29, 1.82) is 0 Å². The summed E-state index contributed by atoms with van der Waals surface area (Å²) in [6.07, 6.45) is -2.96. The summed E-state index contributed by atoms with van der Waals surface area (Å²) >= 11 is 0. The normalized spacial score (nSPS) is 15.8. The third-order valence-electron chi connectivity index (χ3n) is 4.36. The average Bonchev–Trinajstić information content (AvgIpc) is 3.19. The smallest absolute Gasteiger partial charge is 0.360 e. The number of halogens is 3. The van der Waals surface area contributed by atoms with Gasteiger partial charge in [-0.3, -0.25) is 14.3 Å². The first kappa shape index (κ1) is 18.9. The second kappa shape index (κ2) is 7.05. The Morgan fingerprint density at radius 1 is 1.30 bits per heavy atom. The Morgan fingerprint density at radius 2 is 1.96 bits per heavy atom. The van der Waals surface area contributed by atoms with E-state index in [1.165, 1.54) is 11.9 Å². The predicted octanol–water partition coefficient (Wildman–Crippen LogP) is 2.23. The van der Waals surface area contributed by atoms with E-state index in [1.807, 2.05) is 0 Å². The van der Waals surface area contributed by atoms with Crippen LogP contribution in [0.2, 0.25) is 0 Å². The summed E-state index contributed by atoms with van der Waals surface area (Å²) in [6.45, 7) is 2.06. The molecule has 1 aliphatic rings. The van der Waals surface area contributed by atoms with Gasteiger partial charge in [0.1, 0.15) is 5.76 Å². The number of nitrogens with zero attached hydrogens (tertiary/aromatic N) is 4. The van der Waals surface area contributed by atoms with E-state index >= 15 is 0 Å². The number of carbonyl (C=O) groups is 2. The SMILES string of the molecule is Cc1cc(NC(=O)C2CCN(C(=O)c3cn(C)nc3C(F)(F)F)CC2)no1. The van der Waals surface area contributed by atoms with Gasteiger partial charge in [0.2, 0.25) is 5.91 Å². The van der Waals surface area contributed by atoms with E-state index < -0.39 is 23.3 Å². The minimum absolute atomic E-state index is 0.182. The van der Waals surface area contributed by atoms with Gasteiger partial charge < -0.3 is 14.7 Å². The van der Waals surface area contributed by atoms with E-state index in [4.69, 9.17) is 4.52 Å². The summed E-state index contributed by atoms with van der Waals surface area (Å²) in [5.74, 6) is -0.486. The average molecular weight is 385 g/mol. The van der Waals surface area contributed by atoms with Crippen LogP contribution in [0.25, 0.3) is 0 Å². The van der Waals surface area contributed by atoms with Crippen molar-refractivity contribution in [2.45, 2.75) is 25.9 Å². The van der Waals surface area contributed by atoms with Gasteiger partial charge in [-0.15, -0.1) is 0 Å². The lowest BCUT2D eigenvalue weighted by atomic mass is 9.95. The summed E-state index contributed by atoms with van der Waals surface area (Å²) in [4.78, 5) is 26.1. The van der Waals surface area contributed by atoms with Crippen LogP contribution in [0.5, 0.6) is 0 Å². The standard InChI is InChI=1S/C16H18F3N5O3/c1-9-7-12(22-27-9)20-14(25)10-3-5-24(6-4-10)15(26)11-8-23(2)21-13(11)16(17,18)19/h7-8,10H,3-6H2,1-2H3,(H,20,22,25). The van der Waals surface area contributed by atoms with Crippen LogP contribution in [-0.2, 0) is 18.0 Å².